The first kappa shape index (κ1) is 26.5. The average molecular weight is 517 g/mol. The van der Waals surface area contributed by atoms with Gasteiger partial charge in [0.15, 0.2) is 0 Å². The predicted octanol–water partition coefficient (Wildman–Crippen LogP) is 4.47. The van der Waals surface area contributed by atoms with Crippen LogP contribution in [0.25, 0.3) is 0 Å². The summed E-state index contributed by atoms with van der Waals surface area (Å²) in [6.45, 7) is 1.59. The largest absolute Gasteiger partial charge is 0.496 e. The highest BCUT2D eigenvalue weighted by Gasteiger charge is 2.28. The summed E-state index contributed by atoms with van der Waals surface area (Å²) < 4.78 is 38.7. The molecule has 0 heterocycles. The van der Waals surface area contributed by atoms with E-state index in [0.717, 1.165) is 11.1 Å². The van der Waals surface area contributed by atoms with Crippen molar-refractivity contribution in [3.05, 3.63) is 88.9 Å². The van der Waals surface area contributed by atoms with Crippen LogP contribution in [0.4, 0.5) is 0 Å². The highest BCUT2D eigenvalue weighted by molar-refractivity contribution is 7.89. The van der Waals surface area contributed by atoms with Gasteiger partial charge in [-0.25, -0.2) is 8.42 Å². The number of para-hydroxylation sites is 1. The smallest absolute Gasteiger partial charge is 0.243 e. The van der Waals surface area contributed by atoms with Crippen molar-refractivity contribution in [2.24, 2.45) is 0 Å². The van der Waals surface area contributed by atoms with E-state index >= 15 is 0 Å². The van der Waals surface area contributed by atoms with E-state index in [2.05, 4.69) is 5.32 Å². The zero-order valence-electron chi connectivity index (χ0n) is 19.9. The Morgan fingerprint density at radius 1 is 0.971 bits per heavy atom. The van der Waals surface area contributed by atoms with Crippen molar-refractivity contribution in [3.63, 3.8) is 0 Å². The number of amides is 1. The molecule has 7 nitrogen and oxygen atoms in total. The molecule has 1 N–H and O–H groups in total. The Morgan fingerprint density at radius 3 is 2.29 bits per heavy atom. The number of nitrogens with zero attached hydrogens (tertiary/aromatic N) is 1. The molecule has 0 spiro atoms. The first-order chi connectivity index (χ1) is 16.8. The fourth-order valence-electron chi connectivity index (χ4n) is 3.69. The second kappa shape index (κ2) is 12.1. The molecule has 3 rings (SSSR count). The van der Waals surface area contributed by atoms with Crippen molar-refractivity contribution in [3.8, 4) is 11.5 Å². The summed E-state index contributed by atoms with van der Waals surface area (Å²) in [7, 11) is -1.01. The molecule has 0 bridgehead atoms. The molecule has 35 heavy (non-hydrogen) atoms. The number of rotatable bonds is 11. The summed E-state index contributed by atoms with van der Waals surface area (Å²) in [5, 5.41) is 3.05. The Balaban J connectivity index is 1.83. The van der Waals surface area contributed by atoms with Gasteiger partial charge in [0.2, 0.25) is 15.9 Å². The number of benzene rings is 3. The summed E-state index contributed by atoms with van der Waals surface area (Å²) in [5.41, 5.74) is 1.76. The number of nitrogens with one attached hydrogen (secondary N) is 1. The molecule has 0 aliphatic heterocycles. The number of ether oxygens (including phenoxy) is 2. The average Bonchev–Trinajstić information content (AvgIpc) is 2.86. The highest BCUT2D eigenvalue weighted by Crippen LogP contribution is 2.29. The van der Waals surface area contributed by atoms with Gasteiger partial charge in [-0.05, 0) is 43.2 Å². The van der Waals surface area contributed by atoms with Crippen LogP contribution in [0.1, 0.15) is 24.1 Å². The second-order valence-electron chi connectivity index (χ2n) is 7.90. The van der Waals surface area contributed by atoms with Crippen LogP contribution in [0.5, 0.6) is 11.5 Å². The lowest BCUT2D eigenvalue weighted by Gasteiger charge is -2.24. The van der Waals surface area contributed by atoms with Gasteiger partial charge >= 0.3 is 0 Å². The maximum Gasteiger partial charge on any atom is 0.243 e. The molecule has 0 saturated heterocycles. The minimum Gasteiger partial charge on any atom is -0.496 e. The molecule has 1 amide bonds. The van der Waals surface area contributed by atoms with Gasteiger partial charge in [0, 0.05) is 12.1 Å². The Kier molecular flexibility index (Phi) is 9.14. The Hall–Kier alpha value is -3.07. The lowest BCUT2D eigenvalue weighted by molar-refractivity contribution is -0.121. The molecule has 186 valence electrons. The first-order valence-electron chi connectivity index (χ1n) is 11.1. The van der Waals surface area contributed by atoms with Gasteiger partial charge < -0.3 is 14.8 Å². The van der Waals surface area contributed by atoms with Crippen LogP contribution < -0.4 is 14.8 Å². The maximum atomic E-state index is 13.5. The third-order valence-electron chi connectivity index (χ3n) is 5.56. The normalized spacial score (nSPS) is 12.3. The summed E-state index contributed by atoms with van der Waals surface area (Å²) in [6, 6.07) is 20.7. The van der Waals surface area contributed by atoms with E-state index in [1.807, 2.05) is 61.5 Å². The zero-order valence-corrected chi connectivity index (χ0v) is 21.5. The number of sulfonamides is 1. The van der Waals surface area contributed by atoms with Crippen molar-refractivity contribution >= 4 is 27.5 Å². The van der Waals surface area contributed by atoms with Crippen LogP contribution in [-0.2, 0) is 21.2 Å². The first-order valence-corrected chi connectivity index (χ1v) is 12.9. The van der Waals surface area contributed by atoms with Crippen LogP contribution >= 0.6 is 11.6 Å². The number of carbonyl (C=O) groups excluding carboxylic acids is 1. The van der Waals surface area contributed by atoms with Crippen LogP contribution in [0.2, 0.25) is 5.02 Å². The van der Waals surface area contributed by atoms with Gasteiger partial charge in [-0.3, -0.25) is 4.79 Å². The van der Waals surface area contributed by atoms with E-state index in [-0.39, 0.29) is 29.0 Å². The topological polar surface area (TPSA) is 84.9 Å². The van der Waals surface area contributed by atoms with Crippen molar-refractivity contribution in [1.82, 2.24) is 9.62 Å². The highest BCUT2D eigenvalue weighted by atomic mass is 35.5. The number of halogens is 1. The minimum absolute atomic E-state index is 0.0121. The van der Waals surface area contributed by atoms with E-state index in [0.29, 0.717) is 17.9 Å². The number of carbonyl (C=O) groups is 1. The fourth-order valence-corrected chi connectivity index (χ4v) is 5.43. The molecule has 0 fully saturated rings. The molecular formula is C26H29ClN2O5S. The molecular weight excluding hydrogens is 488 g/mol. The molecule has 0 unspecified atom stereocenters. The number of methoxy groups -OCH3 is 2. The molecule has 1 atom stereocenters. The monoisotopic (exact) mass is 516 g/mol. The summed E-state index contributed by atoms with van der Waals surface area (Å²) >= 11 is 6.19. The van der Waals surface area contributed by atoms with Gasteiger partial charge in [-0.2, -0.15) is 4.31 Å². The molecule has 0 aliphatic rings. The van der Waals surface area contributed by atoms with Crippen LogP contribution in [0.15, 0.2) is 77.7 Å². The molecule has 0 aromatic heterocycles. The standard InChI is InChI=1S/C26H29ClN2O5S/c1-19(22-11-7-8-12-24(22)33-2)28-26(30)18-29(16-15-20-9-5-4-6-10-20)35(31,32)21-13-14-25(34-3)23(27)17-21/h4-14,17,19H,15-16,18H2,1-3H3,(H,28,30)/t19-/m0/s1. The van der Waals surface area contributed by atoms with E-state index in [1.54, 1.807) is 7.11 Å². The molecule has 0 saturated carbocycles. The van der Waals surface area contributed by atoms with E-state index in [1.165, 1.54) is 29.6 Å². The minimum atomic E-state index is -4.02. The van der Waals surface area contributed by atoms with Crippen molar-refractivity contribution in [1.29, 1.82) is 0 Å². The predicted molar refractivity (Wildman–Crippen MR) is 136 cm³/mol. The second-order valence-corrected chi connectivity index (χ2v) is 10.2. The fraction of sp³-hybridized carbons (Fsp3) is 0.269. The SMILES string of the molecule is COc1ccc(S(=O)(=O)N(CCc2ccccc2)CC(=O)N[C@@H](C)c2ccccc2OC)cc1Cl. The molecule has 0 aliphatic carbocycles. The van der Waals surface area contributed by atoms with Gasteiger partial charge in [-0.1, -0.05) is 60.1 Å². The Bertz CT molecular complexity index is 1250. The third-order valence-corrected chi connectivity index (χ3v) is 7.69. The Labute approximate surface area is 211 Å². The van der Waals surface area contributed by atoms with Crippen molar-refractivity contribution in [2.45, 2.75) is 24.3 Å². The van der Waals surface area contributed by atoms with Gasteiger partial charge in [0.25, 0.3) is 0 Å². The zero-order chi connectivity index (χ0) is 25.4. The number of hydrogen-bond donors (Lipinski definition) is 1. The lowest BCUT2D eigenvalue weighted by atomic mass is 10.1. The summed E-state index contributed by atoms with van der Waals surface area (Å²) in [5.74, 6) is 0.575. The Morgan fingerprint density at radius 2 is 1.63 bits per heavy atom. The molecule has 0 radical (unpaired) electrons. The van der Waals surface area contributed by atoms with E-state index in [4.69, 9.17) is 21.1 Å². The van der Waals surface area contributed by atoms with Crippen LogP contribution in [-0.4, -0.2) is 45.9 Å². The summed E-state index contributed by atoms with van der Waals surface area (Å²) in [4.78, 5) is 13.0. The van der Waals surface area contributed by atoms with Gasteiger partial charge in [-0.15, -0.1) is 0 Å². The quantitative estimate of drug-likeness (QED) is 0.406. The van der Waals surface area contributed by atoms with E-state index in [9.17, 15) is 13.2 Å². The molecule has 3 aromatic carbocycles. The maximum absolute atomic E-state index is 13.5. The van der Waals surface area contributed by atoms with E-state index < -0.39 is 15.9 Å². The molecule has 3 aromatic rings. The van der Waals surface area contributed by atoms with Gasteiger partial charge in [0.05, 0.1) is 36.7 Å². The van der Waals surface area contributed by atoms with Crippen molar-refractivity contribution in [2.75, 3.05) is 27.3 Å². The summed E-state index contributed by atoms with van der Waals surface area (Å²) in [6.07, 6.45) is 0.444. The van der Waals surface area contributed by atoms with Gasteiger partial charge in [0.1, 0.15) is 11.5 Å². The van der Waals surface area contributed by atoms with Crippen LogP contribution in [0, 0.1) is 0 Å². The van der Waals surface area contributed by atoms with Crippen LogP contribution in [0.3, 0.4) is 0 Å². The molecule has 9 heteroatoms. The third kappa shape index (κ3) is 6.75. The lowest BCUT2D eigenvalue weighted by Crippen LogP contribution is -2.42. The number of hydrogen-bond acceptors (Lipinski definition) is 5. The van der Waals surface area contributed by atoms with Crippen molar-refractivity contribution < 1.29 is 22.7 Å².